The Morgan fingerprint density at radius 3 is 2.62 bits per heavy atom. The van der Waals surface area contributed by atoms with Crippen LogP contribution in [0.3, 0.4) is 0 Å². The number of aryl methyl sites for hydroxylation is 1. The summed E-state index contributed by atoms with van der Waals surface area (Å²) in [5, 5.41) is 4.06. The first-order valence-corrected chi connectivity index (χ1v) is 13.1. The molecule has 1 aliphatic rings. The molecule has 0 unspecified atom stereocenters. The molecule has 2 heterocycles. The fraction of sp³-hybridized carbons (Fsp3) is 0.400. The average Bonchev–Trinajstić information content (AvgIpc) is 3.08. The van der Waals surface area contributed by atoms with Crippen molar-refractivity contribution >= 4 is 26.8 Å². The summed E-state index contributed by atoms with van der Waals surface area (Å²) in [5.74, 6) is 0.336. The molecule has 0 saturated carbocycles. The number of carbonyl (C=O) groups excluding carboxylic acids is 1. The number of nitrogens with zero attached hydrogens (tertiary/aromatic N) is 1. The molecule has 182 valence electrons. The van der Waals surface area contributed by atoms with Crippen molar-refractivity contribution in [1.29, 1.82) is 0 Å². The maximum Gasteiger partial charge on any atom is 0.241 e. The molecule has 0 saturated heterocycles. The van der Waals surface area contributed by atoms with Gasteiger partial charge in [0.1, 0.15) is 6.04 Å². The van der Waals surface area contributed by atoms with Crippen LogP contribution in [-0.4, -0.2) is 44.7 Å². The minimum absolute atomic E-state index is 0.0367. The lowest BCUT2D eigenvalue weighted by atomic mass is 10.1. The van der Waals surface area contributed by atoms with Crippen LogP contribution in [0.2, 0.25) is 0 Å². The van der Waals surface area contributed by atoms with Gasteiger partial charge in [-0.15, -0.1) is 0 Å². The maximum absolute atomic E-state index is 13.0. The molecular weight excluding hydrogens is 454 g/mol. The summed E-state index contributed by atoms with van der Waals surface area (Å²) in [5.41, 5.74) is 1.15. The molecule has 0 radical (unpaired) electrons. The molecule has 0 aliphatic carbocycles. The SMILES string of the molecule is CC(C)[C@@H](NS(=O)(=O)c1ccc2c(c1)OCCCO2)C(=O)NCCCn1ccc2ccccc21. The molecule has 2 N–H and O–H groups in total. The first kappa shape index (κ1) is 24.1. The molecule has 0 fully saturated rings. The van der Waals surface area contributed by atoms with E-state index in [1.165, 1.54) is 17.5 Å². The Kier molecular flexibility index (Phi) is 7.43. The third kappa shape index (κ3) is 5.53. The molecule has 9 heteroatoms. The van der Waals surface area contributed by atoms with Gasteiger partial charge in [0.25, 0.3) is 0 Å². The molecule has 1 amide bonds. The van der Waals surface area contributed by atoms with Crippen LogP contribution < -0.4 is 19.5 Å². The van der Waals surface area contributed by atoms with Gasteiger partial charge in [-0.2, -0.15) is 4.72 Å². The lowest BCUT2D eigenvalue weighted by molar-refractivity contribution is -0.123. The summed E-state index contributed by atoms with van der Waals surface area (Å²) in [4.78, 5) is 12.9. The highest BCUT2D eigenvalue weighted by Crippen LogP contribution is 2.32. The number of carbonyl (C=O) groups is 1. The van der Waals surface area contributed by atoms with Gasteiger partial charge in [-0.3, -0.25) is 4.79 Å². The smallest absolute Gasteiger partial charge is 0.241 e. The normalized spacial score (nSPS) is 14.7. The second-order valence-corrected chi connectivity index (χ2v) is 10.4. The molecule has 2 aromatic carbocycles. The lowest BCUT2D eigenvalue weighted by Gasteiger charge is -2.22. The van der Waals surface area contributed by atoms with E-state index in [1.54, 1.807) is 6.07 Å². The van der Waals surface area contributed by atoms with Crippen LogP contribution in [0.1, 0.15) is 26.7 Å². The predicted molar refractivity (Wildman–Crippen MR) is 131 cm³/mol. The molecule has 0 spiro atoms. The highest BCUT2D eigenvalue weighted by molar-refractivity contribution is 7.89. The second kappa shape index (κ2) is 10.5. The first-order chi connectivity index (χ1) is 16.3. The molecule has 0 bridgehead atoms. The fourth-order valence-electron chi connectivity index (χ4n) is 3.94. The lowest BCUT2D eigenvalue weighted by Crippen LogP contribution is -2.49. The molecule has 1 atom stereocenters. The van der Waals surface area contributed by atoms with Crippen molar-refractivity contribution in [2.24, 2.45) is 5.92 Å². The fourth-order valence-corrected chi connectivity index (χ4v) is 5.30. The van der Waals surface area contributed by atoms with E-state index in [0.717, 1.165) is 24.9 Å². The zero-order chi connectivity index (χ0) is 24.1. The van der Waals surface area contributed by atoms with Crippen molar-refractivity contribution in [3.05, 3.63) is 54.7 Å². The van der Waals surface area contributed by atoms with E-state index in [4.69, 9.17) is 9.47 Å². The van der Waals surface area contributed by atoms with Crippen molar-refractivity contribution in [3.8, 4) is 11.5 Å². The number of para-hydroxylation sites is 1. The van der Waals surface area contributed by atoms with Crippen LogP contribution in [0.15, 0.2) is 59.6 Å². The van der Waals surface area contributed by atoms with Crippen LogP contribution in [0, 0.1) is 5.92 Å². The van der Waals surface area contributed by atoms with Gasteiger partial charge in [-0.25, -0.2) is 8.42 Å². The van der Waals surface area contributed by atoms with E-state index in [-0.39, 0.29) is 16.7 Å². The number of rotatable bonds is 9. The molecule has 1 aliphatic heterocycles. The van der Waals surface area contributed by atoms with E-state index in [1.807, 2.05) is 32.2 Å². The van der Waals surface area contributed by atoms with Gasteiger partial charge >= 0.3 is 0 Å². The Morgan fingerprint density at radius 2 is 1.82 bits per heavy atom. The number of hydrogen-bond acceptors (Lipinski definition) is 5. The number of aromatic nitrogens is 1. The van der Waals surface area contributed by atoms with Crippen LogP contribution in [0.4, 0.5) is 0 Å². The maximum atomic E-state index is 13.0. The summed E-state index contributed by atoms with van der Waals surface area (Å²) >= 11 is 0. The van der Waals surface area contributed by atoms with Gasteiger partial charge < -0.3 is 19.4 Å². The third-order valence-electron chi connectivity index (χ3n) is 5.82. The van der Waals surface area contributed by atoms with Crippen molar-refractivity contribution in [2.45, 2.75) is 44.2 Å². The predicted octanol–water partition coefficient (Wildman–Crippen LogP) is 3.31. The summed E-state index contributed by atoms with van der Waals surface area (Å²) in [6.07, 6.45) is 3.49. The standard InChI is InChI=1S/C25H31N3O5S/c1-18(2)24(25(29)26-12-5-13-28-14-11-19-7-3-4-8-21(19)28)27-34(30,31)20-9-10-22-23(17-20)33-16-6-15-32-22/h3-4,7-11,14,17-18,24,27H,5-6,12-13,15-16H2,1-2H3,(H,26,29)/t24-/m1/s1. The number of benzene rings is 2. The van der Waals surface area contributed by atoms with E-state index in [2.05, 4.69) is 32.8 Å². The molecule has 8 nitrogen and oxygen atoms in total. The highest BCUT2D eigenvalue weighted by Gasteiger charge is 2.29. The van der Waals surface area contributed by atoms with E-state index < -0.39 is 16.1 Å². The molecule has 34 heavy (non-hydrogen) atoms. The quantitative estimate of drug-likeness (QED) is 0.453. The number of hydrogen-bond donors (Lipinski definition) is 2. The van der Waals surface area contributed by atoms with Crippen LogP contribution >= 0.6 is 0 Å². The number of nitrogens with one attached hydrogen (secondary N) is 2. The van der Waals surface area contributed by atoms with E-state index >= 15 is 0 Å². The minimum Gasteiger partial charge on any atom is -0.490 e. The molecular formula is C25H31N3O5S. The molecule has 3 aromatic rings. The minimum atomic E-state index is -3.94. The highest BCUT2D eigenvalue weighted by atomic mass is 32.2. The summed E-state index contributed by atoms with van der Waals surface area (Å²) in [6, 6.07) is 13.8. The largest absolute Gasteiger partial charge is 0.490 e. The van der Waals surface area contributed by atoms with Crippen molar-refractivity contribution in [2.75, 3.05) is 19.8 Å². The number of amides is 1. The third-order valence-corrected chi connectivity index (χ3v) is 7.25. The Hall–Kier alpha value is -3.04. The number of fused-ring (bicyclic) bond motifs is 2. The zero-order valence-corrected chi connectivity index (χ0v) is 20.3. The molecule has 1 aromatic heterocycles. The summed E-state index contributed by atoms with van der Waals surface area (Å²) in [7, 11) is -3.94. The Morgan fingerprint density at radius 1 is 1.06 bits per heavy atom. The van der Waals surface area contributed by atoms with Gasteiger partial charge in [0.05, 0.1) is 18.1 Å². The van der Waals surface area contributed by atoms with Gasteiger partial charge in [0, 0.05) is 37.3 Å². The van der Waals surface area contributed by atoms with E-state index in [0.29, 0.717) is 31.3 Å². The number of sulfonamides is 1. The number of ether oxygens (including phenoxy) is 2. The van der Waals surface area contributed by atoms with E-state index in [9.17, 15) is 13.2 Å². The van der Waals surface area contributed by atoms with Crippen molar-refractivity contribution in [3.63, 3.8) is 0 Å². The van der Waals surface area contributed by atoms with Crippen molar-refractivity contribution < 1.29 is 22.7 Å². The topological polar surface area (TPSA) is 98.7 Å². The monoisotopic (exact) mass is 485 g/mol. The van der Waals surface area contributed by atoms with Gasteiger partial charge in [0.15, 0.2) is 11.5 Å². The van der Waals surface area contributed by atoms with Gasteiger partial charge in [0.2, 0.25) is 15.9 Å². The van der Waals surface area contributed by atoms with Crippen LogP contribution in [0.5, 0.6) is 11.5 Å². The summed E-state index contributed by atoms with van der Waals surface area (Å²) < 4.78 is 42.0. The van der Waals surface area contributed by atoms with Crippen molar-refractivity contribution in [1.82, 2.24) is 14.6 Å². The van der Waals surface area contributed by atoms with Crippen LogP contribution in [0.25, 0.3) is 10.9 Å². The van der Waals surface area contributed by atoms with Crippen LogP contribution in [-0.2, 0) is 21.4 Å². The second-order valence-electron chi connectivity index (χ2n) is 8.71. The Labute approximate surface area is 200 Å². The zero-order valence-electron chi connectivity index (χ0n) is 19.5. The average molecular weight is 486 g/mol. The summed E-state index contributed by atoms with van der Waals surface area (Å²) in [6.45, 7) is 5.80. The Bertz CT molecular complexity index is 1250. The van der Waals surface area contributed by atoms with Gasteiger partial charge in [-0.05, 0) is 42.0 Å². The molecule has 4 rings (SSSR count). The van der Waals surface area contributed by atoms with Gasteiger partial charge in [-0.1, -0.05) is 32.0 Å². The first-order valence-electron chi connectivity index (χ1n) is 11.6. The Balaban J connectivity index is 1.36.